The molecule has 0 spiro atoms. The van der Waals surface area contributed by atoms with Gasteiger partial charge in [0.1, 0.15) is 0 Å². The van der Waals surface area contributed by atoms with Crippen molar-refractivity contribution >= 4 is 21.6 Å². The van der Waals surface area contributed by atoms with Crippen molar-refractivity contribution in [3.05, 3.63) is 29.8 Å². The normalized spacial score (nSPS) is 25.8. The van der Waals surface area contributed by atoms with Crippen molar-refractivity contribution in [2.24, 2.45) is 0 Å². The highest BCUT2D eigenvalue weighted by Crippen LogP contribution is 2.25. The van der Waals surface area contributed by atoms with Crippen LogP contribution in [0.4, 0.5) is 0 Å². The van der Waals surface area contributed by atoms with Gasteiger partial charge in [-0.2, -0.15) is 4.31 Å². The molecule has 1 fully saturated rings. The first-order valence-corrected chi connectivity index (χ1v) is 8.71. The molecule has 2 rings (SSSR count). The zero-order valence-electron chi connectivity index (χ0n) is 12.1. The Balaban J connectivity index is 2.36. The number of likely N-dealkylation sites (N-methyl/N-ethyl adjacent to an activating group) is 1. The quantitative estimate of drug-likeness (QED) is 0.802. The van der Waals surface area contributed by atoms with Gasteiger partial charge in [-0.15, -0.1) is 11.6 Å². The fourth-order valence-electron chi connectivity index (χ4n) is 2.56. The molecule has 4 nitrogen and oxygen atoms in total. The highest BCUT2D eigenvalue weighted by Gasteiger charge is 2.35. The fourth-order valence-corrected chi connectivity index (χ4v) is 4.69. The SMILES string of the molecule is CC1CN(S(=O)(=O)c2ccccc2CCl)CC(C)N1C. The molecular weight excluding hydrogens is 296 g/mol. The van der Waals surface area contributed by atoms with Crippen LogP contribution in [0.1, 0.15) is 19.4 Å². The number of piperazine rings is 1. The summed E-state index contributed by atoms with van der Waals surface area (Å²) in [4.78, 5) is 2.54. The van der Waals surface area contributed by atoms with E-state index in [2.05, 4.69) is 4.90 Å². The van der Waals surface area contributed by atoms with Gasteiger partial charge in [-0.3, -0.25) is 4.90 Å². The van der Waals surface area contributed by atoms with Gasteiger partial charge in [0.15, 0.2) is 0 Å². The molecule has 1 aromatic rings. The van der Waals surface area contributed by atoms with E-state index in [1.54, 1.807) is 22.5 Å². The maximum Gasteiger partial charge on any atom is 0.243 e. The van der Waals surface area contributed by atoms with Crippen LogP contribution in [0.2, 0.25) is 0 Å². The smallest absolute Gasteiger partial charge is 0.243 e. The van der Waals surface area contributed by atoms with Crippen molar-refractivity contribution in [1.82, 2.24) is 9.21 Å². The van der Waals surface area contributed by atoms with E-state index in [1.165, 1.54) is 0 Å². The number of hydrogen-bond acceptors (Lipinski definition) is 3. The Kier molecular flexibility index (Phi) is 4.74. The third-order valence-electron chi connectivity index (χ3n) is 4.06. The van der Waals surface area contributed by atoms with E-state index in [0.717, 1.165) is 0 Å². The van der Waals surface area contributed by atoms with Gasteiger partial charge in [0.2, 0.25) is 10.0 Å². The molecule has 112 valence electrons. The molecule has 6 heteroatoms. The van der Waals surface area contributed by atoms with Crippen molar-refractivity contribution in [3.63, 3.8) is 0 Å². The largest absolute Gasteiger partial charge is 0.298 e. The first kappa shape index (κ1) is 15.8. The van der Waals surface area contributed by atoms with Crippen molar-refractivity contribution in [3.8, 4) is 0 Å². The summed E-state index contributed by atoms with van der Waals surface area (Å²) >= 11 is 5.87. The molecular formula is C14H21ClN2O2S. The van der Waals surface area contributed by atoms with Gasteiger partial charge in [0.25, 0.3) is 0 Å². The van der Waals surface area contributed by atoms with E-state index in [9.17, 15) is 8.42 Å². The highest BCUT2D eigenvalue weighted by atomic mass is 35.5. The van der Waals surface area contributed by atoms with Crippen molar-refractivity contribution < 1.29 is 8.42 Å². The number of halogens is 1. The van der Waals surface area contributed by atoms with Crippen LogP contribution in [-0.4, -0.2) is 49.8 Å². The molecule has 2 unspecified atom stereocenters. The van der Waals surface area contributed by atoms with Crippen LogP contribution >= 0.6 is 11.6 Å². The van der Waals surface area contributed by atoms with Gasteiger partial charge in [-0.05, 0) is 32.5 Å². The molecule has 0 aliphatic carbocycles. The molecule has 0 saturated carbocycles. The molecule has 0 radical (unpaired) electrons. The molecule has 0 aromatic heterocycles. The molecule has 1 aliphatic rings. The topological polar surface area (TPSA) is 40.6 Å². The van der Waals surface area contributed by atoms with Gasteiger partial charge < -0.3 is 0 Å². The van der Waals surface area contributed by atoms with E-state index in [-0.39, 0.29) is 18.0 Å². The summed E-state index contributed by atoms with van der Waals surface area (Å²) in [5.41, 5.74) is 0.661. The van der Waals surface area contributed by atoms with Crippen LogP contribution in [0.3, 0.4) is 0 Å². The zero-order chi connectivity index (χ0) is 14.9. The first-order valence-electron chi connectivity index (χ1n) is 6.74. The molecule has 1 aliphatic heterocycles. The van der Waals surface area contributed by atoms with Gasteiger partial charge >= 0.3 is 0 Å². The molecule has 0 bridgehead atoms. The molecule has 20 heavy (non-hydrogen) atoms. The van der Waals surface area contributed by atoms with Crippen LogP contribution < -0.4 is 0 Å². The molecule has 0 N–H and O–H groups in total. The van der Waals surface area contributed by atoms with Gasteiger partial charge in [0.05, 0.1) is 4.90 Å². The lowest BCUT2D eigenvalue weighted by atomic mass is 10.1. The van der Waals surface area contributed by atoms with Crippen LogP contribution in [0.15, 0.2) is 29.2 Å². The predicted octanol–water partition coefficient (Wildman–Crippen LogP) is 2.14. The lowest BCUT2D eigenvalue weighted by molar-refractivity contribution is 0.105. The van der Waals surface area contributed by atoms with Gasteiger partial charge in [-0.1, -0.05) is 18.2 Å². The van der Waals surface area contributed by atoms with Crippen LogP contribution in [-0.2, 0) is 15.9 Å². The maximum atomic E-state index is 12.8. The number of hydrogen-bond donors (Lipinski definition) is 0. The van der Waals surface area contributed by atoms with E-state index in [1.807, 2.05) is 27.0 Å². The average molecular weight is 317 g/mol. The van der Waals surface area contributed by atoms with Gasteiger partial charge in [0, 0.05) is 31.1 Å². The van der Waals surface area contributed by atoms with Gasteiger partial charge in [-0.25, -0.2) is 8.42 Å². The number of nitrogens with zero attached hydrogens (tertiary/aromatic N) is 2. The second-order valence-electron chi connectivity index (χ2n) is 5.43. The van der Waals surface area contributed by atoms with Crippen molar-refractivity contribution in [2.45, 2.75) is 36.7 Å². The molecule has 2 atom stereocenters. The maximum absolute atomic E-state index is 12.8. The Morgan fingerprint density at radius 3 is 2.30 bits per heavy atom. The molecule has 0 amide bonds. The minimum absolute atomic E-state index is 0.203. The van der Waals surface area contributed by atoms with Crippen molar-refractivity contribution in [1.29, 1.82) is 0 Å². The molecule has 1 aromatic carbocycles. The van der Waals surface area contributed by atoms with E-state index < -0.39 is 10.0 Å². The summed E-state index contributed by atoms with van der Waals surface area (Å²) in [5, 5.41) is 0. The van der Waals surface area contributed by atoms with E-state index >= 15 is 0 Å². The second kappa shape index (κ2) is 6.02. The third-order valence-corrected chi connectivity index (χ3v) is 6.28. The Morgan fingerprint density at radius 2 is 1.75 bits per heavy atom. The van der Waals surface area contributed by atoms with Crippen LogP contribution in [0.5, 0.6) is 0 Å². The summed E-state index contributed by atoms with van der Waals surface area (Å²) in [6.45, 7) is 5.12. The number of alkyl halides is 1. The predicted molar refractivity (Wildman–Crippen MR) is 81.4 cm³/mol. The average Bonchev–Trinajstić information content (AvgIpc) is 2.44. The van der Waals surface area contributed by atoms with Crippen LogP contribution in [0, 0.1) is 0 Å². The highest BCUT2D eigenvalue weighted by molar-refractivity contribution is 7.89. The lowest BCUT2D eigenvalue weighted by Crippen LogP contribution is -2.56. The number of sulfonamides is 1. The minimum atomic E-state index is -3.47. The second-order valence-corrected chi connectivity index (χ2v) is 7.60. The summed E-state index contributed by atoms with van der Waals surface area (Å²) in [6.07, 6.45) is 0. The van der Waals surface area contributed by atoms with Crippen LogP contribution in [0.25, 0.3) is 0 Å². The number of benzene rings is 1. The standard InChI is InChI=1S/C14H21ClN2O2S/c1-11-9-17(10-12(2)16(11)3)20(18,19)14-7-5-4-6-13(14)8-15/h4-7,11-12H,8-10H2,1-3H3. The Bertz CT molecular complexity index is 564. The summed E-state index contributed by atoms with van der Waals surface area (Å²) in [7, 11) is -1.44. The number of rotatable bonds is 3. The third kappa shape index (κ3) is 2.86. The summed E-state index contributed by atoms with van der Waals surface area (Å²) in [6, 6.07) is 7.37. The summed E-state index contributed by atoms with van der Waals surface area (Å²) < 4.78 is 27.2. The lowest BCUT2D eigenvalue weighted by Gasteiger charge is -2.41. The monoisotopic (exact) mass is 316 g/mol. The summed E-state index contributed by atoms with van der Waals surface area (Å²) in [5.74, 6) is 0.203. The van der Waals surface area contributed by atoms with E-state index in [4.69, 9.17) is 11.6 Å². The molecule has 1 heterocycles. The minimum Gasteiger partial charge on any atom is -0.298 e. The zero-order valence-corrected chi connectivity index (χ0v) is 13.7. The Labute approximate surface area is 126 Å². The van der Waals surface area contributed by atoms with Crippen molar-refractivity contribution in [2.75, 3.05) is 20.1 Å². The Morgan fingerprint density at radius 1 is 1.20 bits per heavy atom. The Hall–Kier alpha value is -0.620. The first-order chi connectivity index (χ1) is 9.37. The molecule has 1 saturated heterocycles. The van der Waals surface area contributed by atoms with E-state index in [0.29, 0.717) is 23.5 Å². The fraction of sp³-hybridized carbons (Fsp3) is 0.571.